The molecule has 0 fully saturated rings. The SMILES string of the molecule is COCCc1ccccc1NC(=O)NCC(=O)O. The van der Waals surface area contributed by atoms with Gasteiger partial charge in [0.25, 0.3) is 0 Å². The van der Waals surface area contributed by atoms with Crippen LogP contribution in [0.2, 0.25) is 0 Å². The monoisotopic (exact) mass is 252 g/mol. The van der Waals surface area contributed by atoms with Crippen LogP contribution in [0.5, 0.6) is 0 Å². The number of hydrogen-bond acceptors (Lipinski definition) is 3. The number of nitrogens with one attached hydrogen (secondary N) is 2. The Bertz CT molecular complexity index is 420. The van der Waals surface area contributed by atoms with Crippen molar-refractivity contribution in [3.63, 3.8) is 0 Å². The van der Waals surface area contributed by atoms with E-state index >= 15 is 0 Å². The van der Waals surface area contributed by atoms with Crippen molar-refractivity contribution in [3.05, 3.63) is 29.8 Å². The molecule has 0 aromatic heterocycles. The molecule has 0 aliphatic rings. The molecule has 1 aromatic rings. The van der Waals surface area contributed by atoms with E-state index in [9.17, 15) is 9.59 Å². The summed E-state index contributed by atoms with van der Waals surface area (Å²) in [5.74, 6) is -1.09. The second-order valence-electron chi connectivity index (χ2n) is 3.60. The second-order valence-corrected chi connectivity index (χ2v) is 3.60. The van der Waals surface area contributed by atoms with Crippen LogP contribution in [0.4, 0.5) is 10.5 Å². The topological polar surface area (TPSA) is 87.7 Å². The van der Waals surface area contributed by atoms with Gasteiger partial charge in [-0.3, -0.25) is 4.79 Å². The minimum atomic E-state index is -1.09. The summed E-state index contributed by atoms with van der Waals surface area (Å²) < 4.78 is 4.98. The van der Waals surface area contributed by atoms with Gasteiger partial charge in [0, 0.05) is 12.8 Å². The smallest absolute Gasteiger partial charge is 0.323 e. The predicted octanol–water partition coefficient (Wildman–Crippen LogP) is 1.08. The highest BCUT2D eigenvalue weighted by Gasteiger charge is 2.07. The zero-order valence-corrected chi connectivity index (χ0v) is 10.1. The van der Waals surface area contributed by atoms with Crippen LogP contribution in [0.25, 0.3) is 0 Å². The largest absolute Gasteiger partial charge is 0.480 e. The van der Waals surface area contributed by atoms with Crippen molar-refractivity contribution in [1.29, 1.82) is 0 Å². The molecule has 2 amide bonds. The molecule has 0 saturated heterocycles. The Kier molecular flexibility index (Phi) is 5.66. The van der Waals surface area contributed by atoms with Crippen LogP contribution in [-0.2, 0) is 16.0 Å². The number of methoxy groups -OCH3 is 1. The number of aliphatic carboxylic acids is 1. The van der Waals surface area contributed by atoms with Gasteiger partial charge in [0.05, 0.1) is 6.61 Å². The van der Waals surface area contributed by atoms with Gasteiger partial charge in [-0.1, -0.05) is 18.2 Å². The maximum absolute atomic E-state index is 11.4. The van der Waals surface area contributed by atoms with Gasteiger partial charge in [0.2, 0.25) is 0 Å². The zero-order valence-electron chi connectivity index (χ0n) is 10.1. The number of carboxylic acids is 1. The van der Waals surface area contributed by atoms with E-state index in [1.807, 2.05) is 12.1 Å². The van der Waals surface area contributed by atoms with Crippen molar-refractivity contribution in [2.45, 2.75) is 6.42 Å². The van der Waals surface area contributed by atoms with E-state index < -0.39 is 18.5 Å². The van der Waals surface area contributed by atoms with Crippen molar-refractivity contribution >= 4 is 17.7 Å². The molecule has 0 radical (unpaired) electrons. The van der Waals surface area contributed by atoms with Crippen molar-refractivity contribution in [1.82, 2.24) is 5.32 Å². The van der Waals surface area contributed by atoms with Crippen molar-refractivity contribution in [2.75, 3.05) is 25.6 Å². The molecule has 0 saturated carbocycles. The standard InChI is InChI=1S/C12H16N2O4/c1-18-7-6-9-4-2-3-5-10(9)14-12(17)13-8-11(15)16/h2-5H,6-8H2,1H3,(H,15,16)(H2,13,14,17). The molecule has 1 aromatic carbocycles. The molecule has 18 heavy (non-hydrogen) atoms. The summed E-state index contributed by atoms with van der Waals surface area (Å²) >= 11 is 0. The number of ether oxygens (including phenoxy) is 1. The Morgan fingerprint density at radius 1 is 1.33 bits per heavy atom. The highest BCUT2D eigenvalue weighted by Crippen LogP contribution is 2.15. The van der Waals surface area contributed by atoms with Gasteiger partial charge in [-0.15, -0.1) is 0 Å². The third kappa shape index (κ3) is 4.84. The minimum absolute atomic E-state index is 0.411. The van der Waals surface area contributed by atoms with Gasteiger partial charge >= 0.3 is 12.0 Å². The number of hydrogen-bond donors (Lipinski definition) is 3. The molecule has 0 spiro atoms. The van der Waals surface area contributed by atoms with Gasteiger partial charge in [0.1, 0.15) is 6.54 Å². The minimum Gasteiger partial charge on any atom is -0.480 e. The summed E-state index contributed by atoms with van der Waals surface area (Å²) in [6, 6.07) is 6.76. The zero-order chi connectivity index (χ0) is 13.4. The highest BCUT2D eigenvalue weighted by atomic mass is 16.5. The molecule has 98 valence electrons. The van der Waals surface area contributed by atoms with Crippen molar-refractivity contribution in [2.24, 2.45) is 0 Å². The molecule has 0 aliphatic carbocycles. The van der Waals surface area contributed by atoms with Gasteiger partial charge in [-0.2, -0.15) is 0 Å². The van der Waals surface area contributed by atoms with Crippen LogP contribution < -0.4 is 10.6 Å². The summed E-state index contributed by atoms with van der Waals surface area (Å²) in [5.41, 5.74) is 1.59. The first-order valence-corrected chi connectivity index (χ1v) is 5.47. The van der Waals surface area contributed by atoms with E-state index in [0.717, 1.165) is 5.56 Å². The van der Waals surface area contributed by atoms with Gasteiger partial charge in [-0.25, -0.2) is 4.79 Å². The fourth-order valence-electron chi connectivity index (χ4n) is 1.39. The second kappa shape index (κ2) is 7.29. The molecule has 0 unspecified atom stereocenters. The Morgan fingerprint density at radius 3 is 2.72 bits per heavy atom. The predicted molar refractivity (Wildman–Crippen MR) is 66.7 cm³/mol. The summed E-state index contributed by atoms with van der Waals surface area (Å²) in [7, 11) is 1.61. The van der Waals surface area contributed by atoms with E-state index in [1.165, 1.54) is 0 Å². The lowest BCUT2D eigenvalue weighted by Gasteiger charge is -2.10. The highest BCUT2D eigenvalue weighted by molar-refractivity contribution is 5.91. The normalized spacial score (nSPS) is 9.83. The molecule has 6 nitrogen and oxygen atoms in total. The van der Waals surface area contributed by atoms with E-state index in [2.05, 4.69) is 10.6 Å². The Balaban J connectivity index is 2.59. The molecule has 1 rings (SSSR count). The number of benzene rings is 1. The number of rotatable bonds is 6. The van der Waals surface area contributed by atoms with Gasteiger partial charge < -0.3 is 20.5 Å². The number of carboxylic acid groups (broad SMARTS) is 1. The van der Waals surface area contributed by atoms with Crippen molar-refractivity contribution in [3.8, 4) is 0 Å². The number of carbonyl (C=O) groups excluding carboxylic acids is 1. The number of amides is 2. The quantitative estimate of drug-likeness (QED) is 0.707. The maximum atomic E-state index is 11.4. The van der Waals surface area contributed by atoms with Crippen molar-refractivity contribution < 1.29 is 19.4 Å². The molecule has 6 heteroatoms. The third-order valence-corrected chi connectivity index (χ3v) is 2.24. The fourth-order valence-corrected chi connectivity index (χ4v) is 1.39. The number of para-hydroxylation sites is 1. The Hall–Kier alpha value is -2.08. The molecular weight excluding hydrogens is 236 g/mol. The lowest BCUT2D eigenvalue weighted by molar-refractivity contribution is -0.135. The first kappa shape index (κ1) is 14.0. The summed E-state index contributed by atoms with van der Waals surface area (Å²) in [6.45, 7) is 0.140. The Labute approximate surface area is 105 Å². The Morgan fingerprint density at radius 2 is 2.06 bits per heavy atom. The summed E-state index contributed by atoms with van der Waals surface area (Å²) in [4.78, 5) is 21.7. The molecule has 0 aliphatic heterocycles. The van der Waals surface area contributed by atoms with Crippen LogP contribution in [-0.4, -0.2) is 37.4 Å². The van der Waals surface area contributed by atoms with E-state index in [4.69, 9.17) is 9.84 Å². The number of anilines is 1. The van der Waals surface area contributed by atoms with Crippen LogP contribution in [0.1, 0.15) is 5.56 Å². The third-order valence-electron chi connectivity index (χ3n) is 2.24. The van der Waals surface area contributed by atoms with E-state index in [1.54, 1.807) is 19.2 Å². The van der Waals surface area contributed by atoms with Crippen LogP contribution in [0, 0.1) is 0 Å². The lowest BCUT2D eigenvalue weighted by atomic mass is 10.1. The molecule has 3 N–H and O–H groups in total. The first-order chi connectivity index (χ1) is 8.63. The van der Waals surface area contributed by atoms with E-state index in [-0.39, 0.29) is 0 Å². The number of carbonyl (C=O) groups is 2. The average Bonchev–Trinajstić information content (AvgIpc) is 2.35. The van der Waals surface area contributed by atoms with Gasteiger partial charge in [0.15, 0.2) is 0 Å². The molecule has 0 bridgehead atoms. The van der Waals surface area contributed by atoms with E-state index in [0.29, 0.717) is 18.7 Å². The van der Waals surface area contributed by atoms with Crippen LogP contribution in [0.3, 0.4) is 0 Å². The molecule has 0 heterocycles. The molecule has 0 atom stereocenters. The molecular formula is C12H16N2O4. The van der Waals surface area contributed by atoms with Crippen LogP contribution >= 0.6 is 0 Å². The summed E-state index contributed by atoms with van der Waals surface area (Å²) in [6.07, 6.45) is 0.673. The van der Waals surface area contributed by atoms with Crippen LogP contribution in [0.15, 0.2) is 24.3 Å². The lowest BCUT2D eigenvalue weighted by Crippen LogP contribution is -2.33. The van der Waals surface area contributed by atoms with Gasteiger partial charge in [-0.05, 0) is 18.1 Å². The number of urea groups is 1. The maximum Gasteiger partial charge on any atom is 0.323 e. The summed E-state index contributed by atoms with van der Waals surface area (Å²) in [5, 5.41) is 13.3. The first-order valence-electron chi connectivity index (χ1n) is 5.47. The fraction of sp³-hybridized carbons (Fsp3) is 0.333. The average molecular weight is 252 g/mol.